The Kier molecular flexibility index (Phi) is 4.24. The molecular formula is C20H21N5O. The van der Waals surface area contributed by atoms with Crippen LogP contribution < -0.4 is 0 Å². The molecule has 0 spiro atoms. The first kappa shape index (κ1) is 16.4. The van der Waals surface area contributed by atoms with Crippen LogP contribution in [0.5, 0.6) is 0 Å². The van der Waals surface area contributed by atoms with Gasteiger partial charge in [0, 0.05) is 49.8 Å². The van der Waals surface area contributed by atoms with E-state index in [9.17, 15) is 4.79 Å². The second-order valence-electron chi connectivity index (χ2n) is 6.80. The van der Waals surface area contributed by atoms with Gasteiger partial charge in [-0.2, -0.15) is 0 Å². The van der Waals surface area contributed by atoms with Gasteiger partial charge in [0.2, 0.25) is 0 Å². The number of aryl methyl sites for hydroxylation is 2. The lowest BCUT2D eigenvalue weighted by molar-refractivity contribution is 0.0590. The highest BCUT2D eigenvalue weighted by Gasteiger charge is 2.35. The molecule has 3 aromatic rings. The molecule has 0 bridgehead atoms. The minimum Gasteiger partial charge on any atom is -0.337 e. The number of pyridine rings is 2. The molecule has 1 fully saturated rings. The maximum absolute atomic E-state index is 12.7. The molecular weight excluding hydrogens is 326 g/mol. The molecule has 0 aliphatic carbocycles. The summed E-state index contributed by atoms with van der Waals surface area (Å²) >= 11 is 0. The van der Waals surface area contributed by atoms with Gasteiger partial charge in [-0.05, 0) is 37.1 Å². The number of nitrogens with zero attached hydrogens (tertiary/aromatic N) is 5. The van der Waals surface area contributed by atoms with E-state index >= 15 is 0 Å². The first-order chi connectivity index (χ1) is 12.6. The SMILES string of the molecule is Cc1ccncc1C(=O)N1CC(c2ncc(C)n2Cc2cccnc2)C1. The van der Waals surface area contributed by atoms with Gasteiger partial charge in [0.25, 0.3) is 5.91 Å². The number of likely N-dealkylation sites (tertiary alicyclic amines) is 1. The number of amides is 1. The summed E-state index contributed by atoms with van der Waals surface area (Å²) in [4.78, 5) is 27.4. The summed E-state index contributed by atoms with van der Waals surface area (Å²) in [5, 5.41) is 0. The zero-order valence-electron chi connectivity index (χ0n) is 15.0. The number of hydrogen-bond donors (Lipinski definition) is 0. The van der Waals surface area contributed by atoms with Gasteiger partial charge in [-0.25, -0.2) is 4.98 Å². The number of carbonyl (C=O) groups is 1. The maximum atomic E-state index is 12.7. The Morgan fingerprint density at radius 2 is 1.92 bits per heavy atom. The summed E-state index contributed by atoms with van der Waals surface area (Å²) in [5.41, 5.74) is 3.91. The van der Waals surface area contributed by atoms with E-state index in [1.54, 1.807) is 18.6 Å². The third-order valence-corrected chi connectivity index (χ3v) is 4.95. The predicted molar refractivity (Wildman–Crippen MR) is 97.9 cm³/mol. The molecule has 6 nitrogen and oxygen atoms in total. The molecule has 0 aromatic carbocycles. The van der Waals surface area contributed by atoms with Gasteiger partial charge in [0.1, 0.15) is 5.82 Å². The van der Waals surface area contributed by atoms with E-state index in [-0.39, 0.29) is 11.8 Å². The van der Waals surface area contributed by atoms with Gasteiger partial charge in [-0.15, -0.1) is 0 Å². The van der Waals surface area contributed by atoms with Crippen LogP contribution in [0.25, 0.3) is 0 Å². The van der Waals surface area contributed by atoms with Crippen molar-refractivity contribution in [2.75, 3.05) is 13.1 Å². The molecule has 4 rings (SSSR count). The average Bonchev–Trinajstić information content (AvgIpc) is 2.96. The van der Waals surface area contributed by atoms with E-state index in [1.807, 2.05) is 36.4 Å². The molecule has 6 heteroatoms. The smallest absolute Gasteiger partial charge is 0.255 e. The summed E-state index contributed by atoms with van der Waals surface area (Å²) in [6.07, 6.45) is 8.93. The molecule has 26 heavy (non-hydrogen) atoms. The Bertz CT molecular complexity index is 928. The van der Waals surface area contributed by atoms with Crippen LogP contribution in [0, 0.1) is 13.8 Å². The van der Waals surface area contributed by atoms with E-state index in [4.69, 9.17) is 0 Å². The van der Waals surface area contributed by atoms with Gasteiger partial charge >= 0.3 is 0 Å². The molecule has 1 amide bonds. The fourth-order valence-corrected chi connectivity index (χ4v) is 3.35. The molecule has 1 aliphatic heterocycles. The highest BCUT2D eigenvalue weighted by atomic mass is 16.2. The van der Waals surface area contributed by atoms with Gasteiger partial charge in [-0.1, -0.05) is 6.07 Å². The van der Waals surface area contributed by atoms with E-state index in [2.05, 4.69) is 32.5 Å². The highest BCUT2D eigenvalue weighted by molar-refractivity contribution is 5.95. The Balaban J connectivity index is 1.48. The number of hydrogen-bond acceptors (Lipinski definition) is 4. The first-order valence-corrected chi connectivity index (χ1v) is 8.74. The van der Waals surface area contributed by atoms with Crippen molar-refractivity contribution >= 4 is 5.91 Å². The largest absolute Gasteiger partial charge is 0.337 e. The fraction of sp³-hybridized carbons (Fsp3) is 0.300. The summed E-state index contributed by atoms with van der Waals surface area (Å²) in [6, 6.07) is 5.88. The van der Waals surface area contributed by atoms with Crippen LogP contribution in [0.15, 0.2) is 49.2 Å². The van der Waals surface area contributed by atoms with Gasteiger partial charge in [-0.3, -0.25) is 14.8 Å². The standard InChI is InChI=1S/C20H21N5O/c1-14-5-7-22-10-18(14)20(26)24-12-17(13-24)19-23-8-15(2)25(19)11-16-4-3-6-21-9-16/h3-10,17H,11-13H2,1-2H3. The topological polar surface area (TPSA) is 63.9 Å². The van der Waals surface area contributed by atoms with E-state index in [1.165, 1.54) is 0 Å². The lowest BCUT2D eigenvalue weighted by Gasteiger charge is -2.39. The lowest BCUT2D eigenvalue weighted by atomic mass is 9.97. The van der Waals surface area contributed by atoms with Crippen molar-refractivity contribution in [1.29, 1.82) is 0 Å². The molecule has 0 atom stereocenters. The third-order valence-electron chi connectivity index (χ3n) is 4.95. The van der Waals surface area contributed by atoms with Gasteiger partial charge in [0.15, 0.2) is 0 Å². The van der Waals surface area contributed by atoms with Crippen LogP contribution in [0.1, 0.15) is 38.9 Å². The van der Waals surface area contributed by atoms with Crippen molar-refractivity contribution in [3.8, 4) is 0 Å². The summed E-state index contributed by atoms with van der Waals surface area (Å²) in [7, 11) is 0. The van der Waals surface area contributed by atoms with Crippen LogP contribution >= 0.6 is 0 Å². The third kappa shape index (κ3) is 2.98. The van der Waals surface area contributed by atoms with Crippen molar-refractivity contribution < 1.29 is 4.79 Å². The normalized spacial score (nSPS) is 14.3. The van der Waals surface area contributed by atoms with Crippen molar-refractivity contribution in [2.24, 2.45) is 0 Å². The molecule has 0 saturated carbocycles. The van der Waals surface area contributed by atoms with Crippen molar-refractivity contribution in [1.82, 2.24) is 24.4 Å². The van der Waals surface area contributed by atoms with E-state index in [0.717, 1.165) is 29.2 Å². The first-order valence-electron chi connectivity index (χ1n) is 8.74. The monoisotopic (exact) mass is 347 g/mol. The van der Waals surface area contributed by atoms with Crippen LogP contribution in [-0.4, -0.2) is 43.4 Å². The molecule has 132 valence electrons. The van der Waals surface area contributed by atoms with E-state index in [0.29, 0.717) is 18.7 Å². The van der Waals surface area contributed by atoms with Crippen LogP contribution in [0.3, 0.4) is 0 Å². The summed E-state index contributed by atoms with van der Waals surface area (Å²) in [6.45, 7) is 6.14. The molecule has 1 saturated heterocycles. The molecule has 0 N–H and O–H groups in total. The van der Waals surface area contributed by atoms with Gasteiger partial charge < -0.3 is 9.47 Å². The minimum absolute atomic E-state index is 0.0499. The second-order valence-corrected chi connectivity index (χ2v) is 6.80. The van der Waals surface area contributed by atoms with Crippen LogP contribution in [0.2, 0.25) is 0 Å². The lowest BCUT2D eigenvalue weighted by Crippen LogP contribution is -2.49. The Morgan fingerprint density at radius 3 is 2.65 bits per heavy atom. The predicted octanol–water partition coefficient (Wildman–Crippen LogP) is 2.58. The number of carbonyl (C=O) groups excluding carboxylic acids is 1. The van der Waals surface area contributed by atoms with Crippen molar-refractivity contribution in [3.05, 3.63) is 77.4 Å². The Morgan fingerprint density at radius 1 is 1.12 bits per heavy atom. The molecule has 4 heterocycles. The molecule has 1 aliphatic rings. The second kappa shape index (κ2) is 6.71. The molecule has 3 aromatic heterocycles. The Hall–Kier alpha value is -3.02. The summed E-state index contributed by atoms with van der Waals surface area (Å²) in [5.74, 6) is 1.36. The average molecular weight is 347 g/mol. The maximum Gasteiger partial charge on any atom is 0.255 e. The highest BCUT2D eigenvalue weighted by Crippen LogP contribution is 2.29. The molecule has 0 radical (unpaired) electrons. The fourth-order valence-electron chi connectivity index (χ4n) is 3.35. The van der Waals surface area contributed by atoms with Crippen LogP contribution in [-0.2, 0) is 6.54 Å². The van der Waals surface area contributed by atoms with Crippen LogP contribution in [0.4, 0.5) is 0 Å². The van der Waals surface area contributed by atoms with Crippen molar-refractivity contribution in [3.63, 3.8) is 0 Å². The number of rotatable bonds is 4. The Labute approximate surface area is 152 Å². The number of imidazole rings is 1. The number of aromatic nitrogens is 4. The van der Waals surface area contributed by atoms with Gasteiger partial charge in [0.05, 0.1) is 18.0 Å². The zero-order chi connectivity index (χ0) is 18.1. The minimum atomic E-state index is 0.0499. The van der Waals surface area contributed by atoms with E-state index < -0.39 is 0 Å². The summed E-state index contributed by atoms with van der Waals surface area (Å²) < 4.78 is 2.22. The van der Waals surface area contributed by atoms with Crippen molar-refractivity contribution in [2.45, 2.75) is 26.3 Å². The molecule has 0 unspecified atom stereocenters. The zero-order valence-corrected chi connectivity index (χ0v) is 15.0. The quantitative estimate of drug-likeness (QED) is 0.728.